The Balaban J connectivity index is 1.13. The molecule has 0 aliphatic carbocycles. The van der Waals surface area contributed by atoms with Gasteiger partial charge < -0.3 is 4.74 Å². The summed E-state index contributed by atoms with van der Waals surface area (Å²) in [5, 5.41) is 2.02. The number of rotatable bonds is 10. The second-order valence-electron chi connectivity index (χ2n) is 23.8. The summed E-state index contributed by atoms with van der Waals surface area (Å²) >= 11 is 0. The molecular weight excluding hydrogens is 1010 g/mol. The van der Waals surface area contributed by atoms with E-state index >= 15 is 0 Å². The van der Waals surface area contributed by atoms with Gasteiger partial charge in [-0.1, -0.05) is 220 Å². The lowest BCUT2D eigenvalue weighted by molar-refractivity contribution is -0.572. The molecule has 0 saturated heterocycles. The Morgan fingerprint density at radius 2 is 1.05 bits per heavy atom. The van der Waals surface area contributed by atoms with Crippen LogP contribution in [0.25, 0.3) is 106 Å². The molecule has 406 valence electrons. The number of ether oxygens (including phenoxy) is 1. The van der Waals surface area contributed by atoms with Crippen molar-refractivity contribution < 1.29 is 34.0 Å². The number of pyridine rings is 1. The van der Waals surface area contributed by atoms with Crippen LogP contribution in [-0.4, -0.2) is 14.1 Å². The summed E-state index contributed by atoms with van der Waals surface area (Å²) in [6, 6.07) is 28.8. The molecule has 3 aromatic heterocycles. The number of imidazole rings is 1. The first kappa shape index (κ1) is 36.0. The van der Waals surface area contributed by atoms with Gasteiger partial charge in [0.2, 0.25) is 0 Å². The van der Waals surface area contributed by atoms with E-state index in [2.05, 4.69) is 82.8 Å². The van der Waals surface area contributed by atoms with Crippen molar-refractivity contribution in [1.82, 2.24) is 14.1 Å². The monoisotopic (exact) mass is 1090 g/mol. The summed E-state index contributed by atoms with van der Waals surface area (Å²) in [7, 11) is 0. The highest BCUT2D eigenvalue weighted by Crippen LogP contribution is 2.43. The zero-order valence-corrected chi connectivity index (χ0v) is 47.5. The van der Waals surface area contributed by atoms with Gasteiger partial charge in [0.1, 0.15) is 17.3 Å². The molecule has 3 heterocycles. The topological polar surface area (TPSA) is 35.9 Å². The number of hydrogen-bond donors (Lipinski definition) is 0. The van der Waals surface area contributed by atoms with Crippen molar-refractivity contribution in [1.29, 1.82) is 0 Å². The minimum Gasteiger partial charge on any atom is -0.458 e. The van der Waals surface area contributed by atoms with E-state index in [1.165, 1.54) is 6.07 Å². The predicted molar refractivity (Wildman–Crippen MR) is 346 cm³/mol. The predicted octanol–water partition coefficient (Wildman–Crippen LogP) is 20.2. The number of fused-ring (bicyclic) bond motifs is 4. The van der Waals surface area contributed by atoms with Crippen LogP contribution in [0.3, 0.4) is 0 Å². The largest absolute Gasteiger partial charge is 0.458 e. The van der Waals surface area contributed by atoms with E-state index < -0.39 is 142 Å². The minimum absolute atomic E-state index is 0.00318. The molecule has 0 radical (unpaired) electrons. The first-order valence-corrected chi connectivity index (χ1v) is 27.5. The maximum Gasteiger partial charge on any atom is 0.269 e. The van der Waals surface area contributed by atoms with Crippen molar-refractivity contribution in [2.45, 2.75) is 78.6 Å². The van der Waals surface area contributed by atoms with Crippen LogP contribution in [0, 0.1) is 6.33 Å². The number of benzene rings is 10. The summed E-state index contributed by atoms with van der Waals surface area (Å²) in [6.07, 6.45) is 5.47. The molecule has 13 rings (SSSR count). The standard InChI is InChI=1S/C78H68N4O/c1-76(2,3)61-35-32-55(33-36-61)56-34-39-71-73(47-56)80(63-28-21-29-64(49-63)83-65-37-38-67-66-30-19-20-31-70(66)82(72(67)50-65)74-48-62(40-41-79-74)77(4,5)6)51-81(71)75-68(45-59(46-69(75)78(7,8)9)54-26-17-12-18-27-54)60-43-57(52-22-13-10-14-23-52)42-58(44-60)53-24-15-11-16-25-53/h10-50H,1-9H3/i10D,11D,12D,13D,14D,15D,16D,17D,18D,22D,23D,24D,25D,26D,27D,42D,43D,44D. The van der Waals surface area contributed by atoms with Crippen molar-refractivity contribution >= 4 is 32.8 Å². The van der Waals surface area contributed by atoms with Crippen LogP contribution in [0.4, 0.5) is 0 Å². The molecule has 13 aromatic rings. The van der Waals surface area contributed by atoms with Gasteiger partial charge in [-0.3, -0.25) is 13.7 Å². The van der Waals surface area contributed by atoms with Crippen LogP contribution in [0.15, 0.2) is 248 Å². The van der Waals surface area contributed by atoms with Gasteiger partial charge in [0.05, 0.1) is 58.1 Å². The van der Waals surface area contributed by atoms with Gasteiger partial charge in [-0.15, -0.1) is 0 Å². The van der Waals surface area contributed by atoms with Crippen LogP contribution >= 0.6 is 0 Å². The Kier molecular flexibility index (Phi) is 9.00. The molecule has 0 atom stereocenters. The van der Waals surface area contributed by atoms with Crippen LogP contribution in [0.5, 0.6) is 11.5 Å². The van der Waals surface area contributed by atoms with Gasteiger partial charge in [0.25, 0.3) is 6.33 Å². The van der Waals surface area contributed by atoms with Crippen molar-refractivity contribution in [2.24, 2.45) is 0 Å². The maximum atomic E-state index is 10.5. The summed E-state index contributed by atoms with van der Waals surface area (Å²) in [4.78, 5) is 4.88. The second-order valence-corrected chi connectivity index (χ2v) is 23.8. The Morgan fingerprint density at radius 3 is 1.70 bits per heavy atom. The third-order valence-corrected chi connectivity index (χ3v) is 15.0. The number of nitrogens with zero attached hydrogens (tertiary/aromatic N) is 4. The van der Waals surface area contributed by atoms with E-state index in [0.29, 0.717) is 33.8 Å². The van der Waals surface area contributed by atoms with Gasteiger partial charge >= 0.3 is 0 Å². The average Bonchev–Trinajstić information content (AvgIpc) is 1.70. The lowest BCUT2D eigenvalue weighted by atomic mass is 9.80. The third kappa shape index (κ3) is 10.2. The summed E-state index contributed by atoms with van der Waals surface area (Å²) in [5.74, 6) is 1.69. The smallest absolute Gasteiger partial charge is 0.269 e. The van der Waals surface area contributed by atoms with E-state index in [-0.39, 0.29) is 33.2 Å². The van der Waals surface area contributed by atoms with Crippen LogP contribution in [0.2, 0.25) is 0 Å². The van der Waals surface area contributed by atoms with Gasteiger partial charge in [-0.25, -0.2) is 4.98 Å². The zero-order valence-electron chi connectivity index (χ0n) is 65.5. The van der Waals surface area contributed by atoms with Crippen LogP contribution in [-0.2, 0) is 16.2 Å². The minimum atomic E-state index is -1.05. The highest BCUT2D eigenvalue weighted by Gasteiger charge is 2.28. The molecule has 5 heteroatoms. The van der Waals surface area contributed by atoms with Crippen LogP contribution < -0.4 is 9.30 Å². The molecule has 0 N–H and O–H groups in total. The third-order valence-electron chi connectivity index (χ3n) is 15.0. The fourth-order valence-electron chi connectivity index (χ4n) is 10.7. The molecule has 0 fully saturated rings. The van der Waals surface area contributed by atoms with Crippen molar-refractivity contribution in [3.8, 4) is 84.3 Å². The summed E-state index contributed by atoms with van der Waals surface area (Å²) < 4.78 is 178. The van der Waals surface area contributed by atoms with E-state index in [1.54, 1.807) is 10.6 Å². The van der Waals surface area contributed by atoms with E-state index in [1.807, 2.05) is 123 Å². The zero-order chi connectivity index (χ0) is 72.9. The van der Waals surface area contributed by atoms with Crippen molar-refractivity contribution in [3.05, 3.63) is 271 Å². The Hall–Kier alpha value is -9.58. The van der Waals surface area contributed by atoms with Gasteiger partial charge in [0.15, 0.2) is 0 Å². The molecule has 0 amide bonds. The van der Waals surface area contributed by atoms with Crippen molar-refractivity contribution in [2.75, 3.05) is 0 Å². The fourth-order valence-corrected chi connectivity index (χ4v) is 10.7. The van der Waals surface area contributed by atoms with Gasteiger partial charge in [0, 0.05) is 23.0 Å². The molecule has 83 heavy (non-hydrogen) atoms. The molecule has 0 unspecified atom stereocenters. The number of para-hydroxylation sites is 1. The molecule has 0 bridgehead atoms. The molecule has 0 saturated carbocycles. The lowest BCUT2D eigenvalue weighted by Crippen LogP contribution is -2.34. The van der Waals surface area contributed by atoms with Gasteiger partial charge in [-0.2, -0.15) is 0 Å². The van der Waals surface area contributed by atoms with E-state index in [4.69, 9.17) is 22.1 Å². The van der Waals surface area contributed by atoms with Crippen molar-refractivity contribution in [3.63, 3.8) is 0 Å². The van der Waals surface area contributed by atoms with E-state index in [9.17, 15) is 12.3 Å². The molecule has 0 aliphatic rings. The molecule has 0 spiro atoms. The van der Waals surface area contributed by atoms with Gasteiger partial charge in [-0.05, 0) is 167 Å². The Bertz CT molecular complexity index is 5500. The average molecular weight is 1100 g/mol. The molecule has 0 aliphatic heterocycles. The summed E-state index contributed by atoms with van der Waals surface area (Å²) in [5.41, 5.74) is 2.94. The molecule has 10 aromatic carbocycles. The lowest BCUT2D eigenvalue weighted by Gasteiger charge is -2.28. The first-order chi connectivity index (χ1) is 47.5. The fraction of sp³-hybridized carbons (Fsp3) is 0.154. The molecule has 5 nitrogen and oxygen atoms in total. The second kappa shape index (κ2) is 20.8. The van der Waals surface area contributed by atoms with Crippen LogP contribution in [0.1, 0.15) is 104 Å². The highest BCUT2D eigenvalue weighted by atomic mass is 16.5. The Labute approximate surface area is 513 Å². The van der Waals surface area contributed by atoms with E-state index in [0.717, 1.165) is 49.9 Å². The number of hydrogen-bond acceptors (Lipinski definition) is 2. The Morgan fingerprint density at radius 1 is 0.446 bits per heavy atom. The maximum absolute atomic E-state index is 10.5. The highest BCUT2D eigenvalue weighted by molar-refractivity contribution is 6.09. The number of aromatic nitrogens is 4. The summed E-state index contributed by atoms with van der Waals surface area (Å²) in [6.45, 7) is 18.5. The first-order valence-electron chi connectivity index (χ1n) is 36.5. The normalized spacial score (nSPS) is 15.2. The molecular formula is C78H68N4O. The quantitative estimate of drug-likeness (QED) is 0.101. The SMILES string of the molecule is [2H]c1c([2H])c([2H])c(-c2cc(-c3c([2H])c(-c4c([2H])c([2H])c([2H])c([2H])c4[2H])c([2H])c(-c4c([2H])c([2H])c([2H])c([2H])c4[2H])c3[2H])c(-[n+]3[c-]n(-c4cccc(Oc5ccc6c7ccccc7n(-c7cc(C(C)(C)C)ccn7)c6c5)c4)c4cc(-c5ccc(C(C)(C)C)cc5)ccc43)c(C(C)(C)C)c2)c([2H])c1[2H].